The molecule has 0 aromatic heterocycles. The highest BCUT2D eigenvalue weighted by Gasteiger charge is 2.30. The Bertz CT molecular complexity index is 855. The van der Waals surface area contributed by atoms with Crippen LogP contribution in [0, 0.1) is 0 Å². The molecular weight excluding hydrogens is 383 g/mol. The monoisotopic (exact) mass is 399 g/mol. The molecule has 2 aromatic rings. The van der Waals surface area contributed by atoms with E-state index in [4.69, 9.17) is 16.3 Å². The number of hydrogen-bond donors (Lipinski definition) is 1. The zero-order chi connectivity index (χ0) is 19.6. The highest BCUT2D eigenvalue weighted by molar-refractivity contribution is 6.30. The Balaban J connectivity index is 1.86. The number of benzene rings is 2. The lowest BCUT2D eigenvalue weighted by Crippen LogP contribution is -2.33. The van der Waals surface area contributed by atoms with Crippen molar-refractivity contribution in [2.45, 2.75) is 25.6 Å². The first-order valence-electron chi connectivity index (χ1n) is 8.32. The molecule has 0 saturated carbocycles. The Hall–Kier alpha value is -2.41. The van der Waals surface area contributed by atoms with Gasteiger partial charge in [0, 0.05) is 23.6 Å². The summed E-state index contributed by atoms with van der Waals surface area (Å²) in [5.74, 6) is -0.449. The normalized spacial score (nSPS) is 14.3. The number of halogens is 4. The van der Waals surface area contributed by atoms with Gasteiger partial charge in [0.15, 0.2) is 11.5 Å². The molecule has 0 spiro atoms. The molecule has 0 bridgehead atoms. The maximum atomic E-state index is 12.4. The molecule has 1 aliphatic rings. The second kappa shape index (κ2) is 7.68. The number of phenols is 1. The summed E-state index contributed by atoms with van der Waals surface area (Å²) in [6.07, 6.45) is -6.16. The lowest BCUT2D eigenvalue weighted by molar-refractivity contribution is -0.149. The van der Waals surface area contributed by atoms with E-state index >= 15 is 0 Å². The SMILES string of the molecule is O=C(CCC(F)(F)F)N1CCOc2c(O)cc(-c3cccc(Cl)c3)cc2C1. The topological polar surface area (TPSA) is 49.8 Å². The first kappa shape index (κ1) is 19.4. The Morgan fingerprint density at radius 3 is 2.70 bits per heavy atom. The molecule has 0 fully saturated rings. The van der Waals surface area contributed by atoms with Crippen LogP contribution in [0.3, 0.4) is 0 Å². The van der Waals surface area contributed by atoms with Gasteiger partial charge in [-0.05, 0) is 35.4 Å². The summed E-state index contributed by atoms with van der Waals surface area (Å²) in [7, 11) is 0. The highest BCUT2D eigenvalue weighted by atomic mass is 35.5. The van der Waals surface area contributed by atoms with Crippen molar-refractivity contribution in [2.24, 2.45) is 0 Å². The van der Waals surface area contributed by atoms with Crippen molar-refractivity contribution < 1.29 is 27.8 Å². The third kappa shape index (κ3) is 4.86. The second-order valence-electron chi connectivity index (χ2n) is 6.27. The van der Waals surface area contributed by atoms with E-state index in [1.807, 2.05) is 6.07 Å². The molecule has 1 heterocycles. The number of carbonyl (C=O) groups is 1. The number of ether oxygens (including phenoxy) is 1. The van der Waals surface area contributed by atoms with Crippen LogP contribution in [-0.2, 0) is 11.3 Å². The quantitative estimate of drug-likeness (QED) is 0.808. The van der Waals surface area contributed by atoms with Crippen LogP contribution in [0.15, 0.2) is 36.4 Å². The van der Waals surface area contributed by atoms with Gasteiger partial charge in [-0.1, -0.05) is 23.7 Å². The van der Waals surface area contributed by atoms with E-state index < -0.39 is 24.9 Å². The van der Waals surface area contributed by atoms with Crippen molar-refractivity contribution >= 4 is 17.5 Å². The van der Waals surface area contributed by atoms with Crippen LogP contribution in [0.4, 0.5) is 13.2 Å². The standard InChI is InChI=1S/C19H17ClF3NO3/c20-15-3-1-2-12(9-15)13-8-14-11-24(17(26)4-5-19(21,22)23)6-7-27-18(14)16(25)10-13/h1-3,8-10,25H,4-7,11H2. The van der Waals surface area contributed by atoms with Crippen molar-refractivity contribution in [3.8, 4) is 22.6 Å². The van der Waals surface area contributed by atoms with Gasteiger partial charge in [0.05, 0.1) is 13.0 Å². The van der Waals surface area contributed by atoms with Crippen molar-refractivity contribution in [1.29, 1.82) is 0 Å². The smallest absolute Gasteiger partial charge is 0.389 e. The van der Waals surface area contributed by atoms with Gasteiger partial charge < -0.3 is 14.7 Å². The van der Waals surface area contributed by atoms with E-state index in [9.17, 15) is 23.1 Å². The fourth-order valence-corrected chi connectivity index (χ4v) is 3.14. The van der Waals surface area contributed by atoms with Crippen LogP contribution in [0.25, 0.3) is 11.1 Å². The molecule has 4 nitrogen and oxygen atoms in total. The number of phenolic OH excluding ortho intramolecular Hbond substituents is 1. The predicted octanol–water partition coefficient (Wildman–Crippen LogP) is 4.78. The first-order valence-corrected chi connectivity index (χ1v) is 8.70. The molecule has 2 aromatic carbocycles. The van der Waals surface area contributed by atoms with Gasteiger partial charge in [0.2, 0.25) is 5.91 Å². The number of aromatic hydroxyl groups is 1. The summed E-state index contributed by atoms with van der Waals surface area (Å²) >= 11 is 6.01. The lowest BCUT2D eigenvalue weighted by atomic mass is 10.0. The molecule has 0 unspecified atom stereocenters. The molecule has 144 valence electrons. The molecule has 0 aliphatic carbocycles. The van der Waals surface area contributed by atoms with E-state index in [-0.39, 0.29) is 31.2 Å². The van der Waals surface area contributed by atoms with Gasteiger partial charge in [-0.15, -0.1) is 0 Å². The Labute approximate surface area is 159 Å². The van der Waals surface area contributed by atoms with Crippen molar-refractivity contribution in [3.63, 3.8) is 0 Å². The molecule has 1 N–H and O–H groups in total. The van der Waals surface area contributed by atoms with Crippen LogP contribution in [0.2, 0.25) is 5.02 Å². The molecular formula is C19H17ClF3NO3. The maximum absolute atomic E-state index is 12.4. The summed E-state index contributed by atoms with van der Waals surface area (Å²) in [4.78, 5) is 13.5. The van der Waals surface area contributed by atoms with E-state index in [1.165, 1.54) is 11.0 Å². The predicted molar refractivity (Wildman–Crippen MR) is 94.8 cm³/mol. The summed E-state index contributed by atoms with van der Waals surface area (Å²) in [6, 6.07) is 10.3. The average Bonchev–Trinajstić information content (AvgIpc) is 2.82. The van der Waals surface area contributed by atoms with E-state index in [1.54, 1.807) is 24.3 Å². The van der Waals surface area contributed by atoms with Gasteiger partial charge in [-0.2, -0.15) is 13.2 Å². The Kier molecular flexibility index (Phi) is 5.51. The number of fused-ring (bicyclic) bond motifs is 1. The van der Waals surface area contributed by atoms with Gasteiger partial charge in [-0.3, -0.25) is 4.79 Å². The van der Waals surface area contributed by atoms with Crippen LogP contribution < -0.4 is 4.74 Å². The molecule has 27 heavy (non-hydrogen) atoms. The minimum Gasteiger partial charge on any atom is -0.504 e. The summed E-state index contributed by atoms with van der Waals surface area (Å²) < 4.78 is 42.7. The van der Waals surface area contributed by atoms with Gasteiger partial charge in [0.25, 0.3) is 0 Å². The molecule has 1 aliphatic heterocycles. The third-order valence-electron chi connectivity index (χ3n) is 4.25. The summed E-state index contributed by atoms with van der Waals surface area (Å²) in [5, 5.41) is 10.8. The number of nitrogens with zero attached hydrogens (tertiary/aromatic N) is 1. The lowest BCUT2D eigenvalue weighted by Gasteiger charge is -2.20. The fraction of sp³-hybridized carbons (Fsp3) is 0.316. The largest absolute Gasteiger partial charge is 0.504 e. The first-order chi connectivity index (χ1) is 12.7. The third-order valence-corrected chi connectivity index (χ3v) is 4.48. The molecule has 0 saturated heterocycles. The van der Waals surface area contributed by atoms with E-state index in [0.717, 1.165) is 5.56 Å². The van der Waals surface area contributed by atoms with Crippen LogP contribution in [0.5, 0.6) is 11.5 Å². The second-order valence-corrected chi connectivity index (χ2v) is 6.71. The van der Waals surface area contributed by atoms with Crippen molar-refractivity contribution in [2.75, 3.05) is 13.2 Å². The van der Waals surface area contributed by atoms with Crippen LogP contribution >= 0.6 is 11.6 Å². The molecule has 0 atom stereocenters. The molecule has 3 rings (SSSR count). The van der Waals surface area contributed by atoms with Gasteiger partial charge >= 0.3 is 6.18 Å². The number of carbonyl (C=O) groups excluding carboxylic acids is 1. The number of amides is 1. The van der Waals surface area contributed by atoms with E-state index in [0.29, 0.717) is 16.1 Å². The molecule has 8 heteroatoms. The maximum Gasteiger partial charge on any atom is 0.389 e. The van der Waals surface area contributed by atoms with Gasteiger partial charge in [-0.25, -0.2) is 0 Å². The van der Waals surface area contributed by atoms with Crippen LogP contribution in [-0.4, -0.2) is 35.2 Å². The summed E-state index contributed by atoms with van der Waals surface area (Å²) in [6.45, 7) is 0.306. The average molecular weight is 400 g/mol. The zero-order valence-electron chi connectivity index (χ0n) is 14.2. The summed E-state index contributed by atoms with van der Waals surface area (Å²) in [5.41, 5.74) is 1.96. The zero-order valence-corrected chi connectivity index (χ0v) is 15.0. The fourth-order valence-electron chi connectivity index (χ4n) is 2.95. The molecule has 0 radical (unpaired) electrons. The minimum atomic E-state index is -4.38. The van der Waals surface area contributed by atoms with E-state index in [2.05, 4.69) is 0 Å². The highest BCUT2D eigenvalue weighted by Crippen LogP contribution is 2.38. The van der Waals surface area contributed by atoms with Crippen molar-refractivity contribution in [3.05, 3.63) is 47.0 Å². The van der Waals surface area contributed by atoms with Crippen LogP contribution in [0.1, 0.15) is 18.4 Å². The Morgan fingerprint density at radius 2 is 2.00 bits per heavy atom. The van der Waals surface area contributed by atoms with Gasteiger partial charge in [0.1, 0.15) is 6.61 Å². The minimum absolute atomic E-state index is 0.0635. The number of alkyl halides is 3. The number of rotatable bonds is 3. The van der Waals surface area contributed by atoms with Crippen molar-refractivity contribution in [1.82, 2.24) is 4.90 Å². The molecule has 1 amide bonds. The Morgan fingerprint density at radius 1 is 1.22 bits per heavy atom. The number of hydrogen-bond acceptors (Lipinski definition) is 3.